The van der Waals surface area contributed by atoms with Crippen molar-refractivity contribution in [2.75, 3.05) is 0 Å². The third-order valence-electron chi connectivity index (χ3n) is 11.0. The molecule has 1 aliphatic heterocycles. The van der Waals surface area contributed by atoms with Crippen LogP contribution in [0.1, 0.15) is 0 Å². The number of hydrogen-bond acceptors (Lipinski definition) is 1. The maximum absolute atomic E-state index is 6.67. The molecule has 0 aromatic heterocycles. The van der Waals surface area contributed by atoms with Gasteiger partial charge >= 0.3 is 0 Å². The molecule has 0 atom stereocenters. The number of ether oxygens (including phenoxy) is 1. The van der Waals surface area contributed by atoms with Crippen molar-refractivity contribution in [3.05, 3.63) is 194 Å². The largest absolute Gasteiger partial charge is 0.456 e. The Bertz CT molecular complexity index is 3070. The number of benzene rings is 10. The van der Waals surface area contributed by atoms with Crippen molar-refractivity contribution in [3.63, 3.8) is 0 Å². The lowest BCUT2D eigenvalue weighted by atomic mass is 9.83. The van der Waals surface area contributed by atoms with Crippen LogP contribution in [0, 0.1) is 0 Å². The number of rotatable bonds is 4. The minimum Gasteiger partial charge on any atom is -0.456 e. The standard InChI is InChI=1S/C52H32O/c1-3-13-33(14-4-1)36-26-27-41-43-24-12-23-42-39(29-30-47(51(42)43)53-48(41)32-36)37-18-11-19-38(31-37)49-44-21-9-10-22-45(44)50(35-16-5-2-6-17-35)52-40-20-8-7-15-34(40)25-28-46(49)52/h1-32H. The zero-order valence-electron chi connectivity index (χ0n) is 28.9. The quantitative estimate of drug-likeness (QED) is 0.134. The summed E-state index contributed by atoms with van der Waals surface area (Å²) in [7, 11) is 0. The lowest BCUT2D eigenvalue weighted by Gasteiger charge is -2.23. The molecule has 0 saturated carbocycles. The van der Waals surface area contributed by atoms with Gasteiger partial charge in [0.1, 0.15) is 11.5 Å². The summed E-state index contributed by atoms with van der Waals surface area (Å²) in [6.45, 7) is 0. The number of fused-ring (bicyclic) bond motifs is 6. The Hall–Kier alpha value is -6.96. The molecule has 0 spiro atoms. The molecule has 11 rings (SSSR count). The third-order valence-corrected chi connectivity index (χ3v) is 11.0. The van der Waals surface area contributed by atoms with E-state index in [0.29, 0.717) is 0 Å². The van der Waals surface area contributed by atoms with Crippen LogP contribution in [0.2, 0.25) is 0 Å². The molecule has 10 aromatic rings. The Morgan fingerprint density at radius 1 is 0.264 bits per heavy atom. The second kappa shape index (κ2) is 11.8. The molecule has 246 valence electrons. The summed E-state index contributed by atoms with van der Waals surface area (Å²) >= 11 is 0. The molecular weight excluding hydrogens is 641 g/mol. The molecule has 0 aliphatic carbocycles. The molecule has 0 N–H and O–H groups in total. The van der Waals surface area contributed by atoms with Crippen LogP contribution in [0.25, 0.3) is 98.7 Å². The van der Waals surface area contributed by atoms with Gasteiger partial charge in [-0.15, -0.1) is 0 Å². The van der Waals surface area contributed by atoms with Crippen LogP contribution in [0.15, 0.2) is 194 Å². The van der Waals surface area contributed by atoms with Crippen LogP contribution in [0.3, 0.4) is 0 Å². The van der Waals surface area contributed by atoms with Gasteiger partial charge in [-0.2, -0.15) is 0 Å². The van der Waals surface area contributed by atoms with E-state index in [1.807, 2.05) is 0 Å². The van der Waals surface area contributed by atoms with E-state index in [1.165, 1.54) is 82.2 Å². The lowest BCUT2D eigenvalue weighted by molar-refractivity contribution is 0.487. The monoisotopic (exact) mass is 672 g/mol. The average Bonchev–Trinajstić information content (AvgIpc) is 3.23. The van der Waals surface area contributed by atoms with Crippen LogP contribution in [0.5, 0.6) is 11.5 Å². The highest BCUT2D eigenvalue weighted by Gasteiger charge is 2.23. The molecular formula is C52H32O. The van der Waals surface area contributed by atoms with Crippen LogP contribution in [0.4, 0.5) is 0 Å². The van der Waals surface area contributed by atoms with Gasteiger partial charge in [0.05, 0.1) is 0 Å². The van der Waals surface area contributed by atoms with Gasteiger partial charge in [0, 0.05) is 10.9 Å². The van der Waals surface area contributed by atoms with Gasteiger partial charge in [0.2, 0.25) is 0 Å². The van der Waals surface area contributed by atoms with Gasteiger partial charge in [-0.25, -0.2) is 0 Å². The fourth-order valence-electron chi connectivity index (χ4n) is 8.70. The normalized spacial score (nSPS) is 11.9. The highest BCUT2D eigenvalue weighted by molar-refractivity contribution is 6.28. The molecule has 0 bridgehead atoms. The first-order valence-electron chi connectivity index (χ1n) is 18.3. The van der Waals surface area contributed by atoms with Gasteiger partial charge in [-0.05, 0) is 112 Å². The van der Waals surface area contributed by atoms with Crippen molar-refractivity contribution < 1.29 is 4.74 Å². The maximum Gasteiger partial charge on any atom is 0.135 e. The summed E-state index contributed by atoms with van der Waals surface area (Å²) in [6.07, 6.45) is 0. The van der Waals surface area contributed by atoms with E-state index in [4.69, 9.17) is 4.74 Å². The number of hydrogen-bond donors (Lipinski definition) is 0. The molecule has 1 aliphatic rings. The van der Waals surface area contributed by atoms with Gasteiger partial charge in [0.15, 0.2) is 0 Å². The average molecular weight is 673 g/mol. The summed E-state index contributed by atoms with van der Waals surface area (Å²) < 4.78 is 6.67. The van der Waals surface area contributed by atoms with Crippen LogP contribution in [-0.2, 0) is 0 Å². The van der Waals surface area contributed by atoms with E-state index in [0.717, 1.165) is 28.0 Å². The van der Waals surface area contributed by atoms with Gasteiger partial charge in [-0.1, -0.05) is 170 Å². The van der Waals surface area contributed by atoms with Crippen LogP contribution >= 0.6 is 0 Å². The molecule has 1 heterocycles. The molecule has 0 fully saturated rings. The molecule has 0 amide bonds. The summed E-state index contributed by atoms with van der Waals surface area (Å²) in [4.78, 5) is 0. The smallest absolute Gasteiger partial charge is 0.135 e. The fourth-order valence-corrected chi connectivity index (χ4v) is 8.70. The Morgan fingerprint density at radius 2 is 0.906 bits per heavy atom. The Kier molecular flexibility index (Phi) is 6.62. The molecule has 0 saturated heterocycles. The van der Waals surface area contributed by atoms with E-state index in [-0.39, 0.29) is 0 Å². The van der Waals surface area contributed by atoms with Crippen molar-refractivity contribution in [2.24, 2.45) is 0 Å². The molecule has 0 unspecified atom stereocenters. The topological polar surface area (TPSA) is 9.23 Å². The van der Waals surface area contributed by atoms with Crippen molar-refractivity contribution in [1.29, 1.82) is 0 Å². The Labute approximate surface area is 308 Å². The SMILES string of the molecule is c1ccc(-c2ccc3c(c2)Oc2ccc(-c4cccc(-c5c6ccccc6c(-c6ccccc6)c6c5ccc5ccccc56)c4)c4cccc-3c24)cc1. The van der Waals surface area contributed by atoms with Crippen LogP contribution < -0.4 is 4.74 Å². The zero-order valence-corrected chi connectivity index (χ0v) is 28.9. The molecule has 0 radical (unpaired) electrons. The zero-order chi connectivity index (χ0) is 34.9. The van der Waals surface area contributed by atoms with E-state index in [9.17, 15) is 0 Å². The molecule has 10 aromatic carbocycles. The summed E-state index contributed by atoms with van der Waals surface area (Å²) in [5, 5.41) is 9.93. The Morgan fingerprint density at radius 3 is 1.74 bits per heavy atom. The van der Waals surface area contributed by atoms with Crippen molar-refractivity contribution in [2.45, 2.75) is 0 Å². The van der Waals surface area contributed by atoms with Crippen molar-refractivity contribution >= 4 is 43.1 Å². The first-order valence-corrected chi connectivity index (χ1v) is 18.3. The summed E-state index contributed by atoms with van der Waals surface area (Å²) in [5.41, 5.74) is 12.0. The molecule has 53 heavy (non-hydrogen) atoms. The fraction of sp³-hybridized carbons (Fsp3) is 0. The van der Waals surface area contributed by atoms with E-state index < -0.39 is 0 Å². The minimum absolute atomic E-state index is 0.895. The van der Waals surface area contributed by atoms with Crippen molar-refractivity contribution in [3.8, 4) is 67.1 Å². The highest BCUT2D eigenvalue weighted by atomic mass is 16.5. The summed E-state index contributed by atoms with van der Waals surface area (Å²) in [6, 6.07) is 70.4. The first kappa shape index (κ1) is 29.7. The first-order chi connectivity index (χ1) is 26.3. The second-order valence-corrected chi connectivity index (χ2v) is 14.0. The van der Waals surface area contributed by atoms with E-state index in [2.05, 4.69) is 194 Å². The lowest BCUT2D eigenvalue weighted by Crippen LogP contribution is -1.98. The van der Waals surface area contributed by atoms with Crippen LogP contribution in [-0.4, -0.2) is 0 Å². The maximum atomic E-state index is 6.67. The van der Waals surface area contributed by atoms with E-state index in [1.54, 1.807) is 0 Å². The van der Waals surface area contributed by atoms with Crippen molar-refractivity contribution in [1.82, 2.24) is 0 Å². The van der Waals surface area contributed by atoms with E-state index >= 15 is 0 Å². The highest BCUT2D eigenvalue weighted by Crippen LogP contribution is 2.51. The second-order valence-electron chi connectivity index (χ2n) is 14.0. The predicted molar refractivity (Wildman–Crippen MR) is 224 cm³/mol. The molecule has 1 nitrogen and oxygen atoms in total. The predicted octanol–water partition coefficient (Wildman–Crippen LogP) is 14.7. The third kappa shape index (κ3) is 4.64. The van der Waals surface area contributed by atoms with Gasteiger partial charge in [-0.3, -0.25) is 0 Å². The minimum atomic E-state index is 0.895. The summed E-state index contributed by atoms with van der Waals surface area (Å²) in [5.74, 6) is 1.79. The Balaban J connectivity index is 1.12. The molecule has 1 heteroatoms. The van der Waals surface area contributed by atoms with Gasteiger partial charge < -0.3 is 4.74 Å². The van der Waals surface area contributed by atoms with Gasteiger partial charge in [0.25, 0.3) is 0 Å².